The topological polar surface area (TPSA) is 12.0 Å². The lowest BCUT2D eigenvalue weighted by atomic mass is 10.1. The molecule has 0 saturated carbocycles. The van der Waals surface area contributed by atoms with Crippen molar-refractivity contribution < 1.29 is 0 Å². The number of fused-ring (bicyclic) bond motifs is 4. The SMILES string of the molecule is c1ccc(Nc2cccc3sc4cc5ccccc5cc4c23)cc1. The molecule has 24 heavy (non-hydrogen) atoms. The number of thiophene rings is 1. The van der Waals surface area contributed by atoms with Gasteiger partial charge in [-0.3, -0.25) is 0 Å². The summed E-state index contributed by atoms with van der Waals surface area (Å²) in [7, 11) is 0. The fourth-order valence-corrected chi connectivity index (χ4v) is 4.46. The third-order valence-corrected chi connectivity index (χ3v) is 5.53. The van der Waals surface area contributed by atoms with E-state index in [4.69, 9.17) is 0 Å². The van der Waals surface area contributed by atoms with E-state index in [-0.39, 0.29) is 0 Å². The molecule has 4 aromatic carbocycles. The van der Waals surface area contributed by atoms with Crippen LogP contribution in [0.1, 0.15) is 0 Å². The standard InChI is InChI=1S/C22H15NS/c1-2-9-17(10-3-1)23-19-11-6-12-20-22(19)18-13-15-7-4-5-8-16(15)14-21(18)24-20/h1-14,23H. The minimum Gasteiger partial charge on any atom is -0.355 e. The largest absolute Gasteiger partial charge is 0.355 e. The molecular formula is C22H15NS. The van der Waals surface area contributed by atoms with E-state index in [1.807, 2.05) is 17.4 Å². The Labute approximate surface area is 144 Å². The Morgan fingerprint density at radius 3 is 2.21 bits per heavy atom. The molecule has 0 aliphatic carbocycles. The Morgan fingerprint density at radius 2 is 1.38 bits per heavy atom. The zero-order valence-corrected chi connectivity index (χ0v) is 13.8. The molecular weight excluding hydrogens is 310 g/mol. The summed E-state index contributed by atoms with van der Waals surface area (Å²) in [6.45, 7) is 0. The highest BCUT2D eigenvalue weighted by atomic mass is 32.1. The van der Waals surface area contributed by atoms with Crippen LogP contribution in [-0.4, -0.2) is 0 Å². The van der Waals surface area contributed by atoms with E-state index in [9.17, 15) is 0 Å². The minimum atomic E-state index is 1.12. The Kier molecular flexibility index (Phi) is 3.03. The fraction of sp³-hybridized carbons (Fsp3) is 0. The third-order valence-electron chi connectivity index (χ3n) is 4.42. The molecule has 1 aromatic heterocycles. The van der Waals surface area contributed by atoms with Gasteiger partial charge in [0.15, 0.2) is 0 Å². The quantitative estimate of drug-likeness (QED) is 0.370. The van der Waals surface area contributed by atoms with Gasteiger partial charge in [0.25, 0.3) is 0 Å². The molecule has 5 aromatic rings. The molecule has 5 rings (SSSR count). The van der Waals surface area contributed by atoms with Crippen molar-refractivity contribution in [3.63, 3.8) is 0 Å². The number of hydrogen-bond acceptors (Lipinski definition) is 2. The molecule has 0 bridgehead atoms. The number of benzene rings is 4. The lowest BCUT2D eigenvalue weighted by Gasteiger charge is -2.08. The first-order valence-corrected chi connectivity index (χ1v) is 8.86. The first-order chi connectivity index (χ1) is 11.9. The second kappa shape index (κ2) is 5.36. The van der Waals surface area contributed by atoms with Gasteiger partial charge in [-0.05, 0) is 47.2 Å². The van der Waals surface area contributed by atoms with Crippen molar-refractivity contribution in [1.29, 1.82) is 0 Å². The summed E-state index contributed by atoms with van der Waals surface area (Å²) in [5.74, 6) is 0. The van der Waals surface area contributed by atoms with E-state index < -0.39 is 0 Å². The molecule has 0 unspecified atom stereocenters. The summed E-state index contributed by atoms with van der Waals surface area (Å²) in [5.41, 5.74) is 2.28. The molecule has 0 aliphatic rings. The summed E-state index contributed by atoms with van der Waals surface area (Å²) < 4.78 is 2.66. The zero-order chi connectivity index (χ0) is 15.9. The summed E-state index contributed by atoms with van der Waals surface area (Å²) >= 11 is 1.86. The average Bonchev–Trinajstić information content (AvgIpc) is 2.99. The van der Waals surface area contributed by atoms with Crippen LogP contribution >= 0.6 is 11.3 Å². The molecule has 0 fully saturated rings. The predicted octanol–water partition coefficient (Wildman–Crippen LogP) is 6.95. The van der Waals surface area contributed by atoms with Crippen molar-refractivity contribution in [2.75, 3.05) is 5.32 Å². The van der Waals surface area contributed by atoms with Crippen molar-refractivity contribution in [3.8, 4) is 0 Å². The lowest BCUT2D eigenvalue weighted by Crippen LogP contribution is -1.89. The van der Waals surface area contributed by atoms with Gasteiger partial charge in [0, 0.05) is 31.5 Å². The molecule has 0 aliphatic heterocycles. The molecule has 0 amide bonds. The van der Waals surface area contributed by atoms with Crippen molar-refractivity contribution in [2.24, 2.45) is 0 Å². The van der Waals surface area contributed by atoms with Crippen molar-refractivity contribution in [2.45, 2.75) is 0 Å². The van der Waals surface area contributed by atoms with Crippen LogP contribution in [0.15, 0.2) is 84.9 Å². The highest BCUT2D eigenvalue weighted by Crippen LogP contribution is 2.40. The van der Waals surface area contributed by atoms with E-state index in [1.54, 1.807) is 0 Å². The summed E-state index contributed by atoms with van der Waals surface area (Å²) in [4.78, 5) is 0. The van der Waals surface area contributed by atoms with E-state index in [1.165, 1.54) is 36.6 Å². The average molecular weight is 325 g/mol. The van der Waals surface area contributed by atoms with Crippen LogP contribution < -0.4 is 5.32 Å². The predicted molar refractivity (Wildman–Crippen MR) is 107 cm³/mol. The van der Waals surface area contributed by atoms with Gasteiger partial charge in [-0.1, -0.05) is 48.5 Å². The van der Waals surface area contributed by atoms with Crippen molar-refractivity contribution in [3.05, 3.63) is 84.9 Å². The molecule has 1 heterocycles. The van der Waals surface area contributed by atoms with Crippen LogP contribution in [0.2, 0.25) is 0 Å². The van der Waals surface area contributed by atoms with E-state index in [0.717, 1.165) is 5.69 Å². The molecule has 0 spiro atoms. The number of rotatable bonds is 2. The first kappa shape index (κ1) is 13.6. The highest BCUT2D eigenvalue weighted by Gasteiger charge is 2.10. The summed E-state index contributed by atoms with van der Waals surface area (Å²) in [5, 5.41) is 8.81. The highest BCUT2D eigenvalue weighted by molar-refractivity contribution is 7.26. The maximum atomic E-state index is 3.58. The molecule has 0 atom stereocenters. The van der Waals surface area contributed by atoms with Gasteiger partial charge in [0.2, 0.25) is 0 Å². The summed E-state index contributed by atoms with van der Waals surface area (Å²) in [6, 6.07) is 30.1. The zero-order valence-electron chi connectivity index (χ0n) is 13.0. The van der Waals surface area contributed by atoms with Crippen LogP contribution in [0.25, 0.3) is 30.9 Å². The monoisotopic (exact) mass is 325 g/mol. The molecule has 2 heteroatoms. The number of anilines is 2. The van der Waals surface area contributed by atoms with E-state index in [2.05, 4.69) is 84.2 Å². The summed E-state index contributed by atoms with van der Waals surface area (Å²) in [6.07, 6.45) is 0. The Hall–Kier alpha value is -2.84. The van der Waals surface area contributed by atoms with Crippen LogP contribution in [0, 0.1) is 0 Å². The maximum Gasteiger partial charge on any atom is 0.0478 e. The van der Waals surface area contributed by atoms with Crippen LogP contribution in [0.3, 0.4) is 0 Å². The Bertz CT molecular complexity index is 1170. The normalized spacial score (nSPS) is 11.3. The Morgan fingerprint density at radius 1 is 0.625 bits per heavy atom. The second-order valence-electron chi connectivity index (χ2n) is 5.97. The number of para-hydroxylation sites is 1. The van der Waals surface area contributed by atoms with Gasteiger partial charge < -0.3 is 5.32 Å². The number of nitrogens with one attached hydrogen (secondary N) is 1. The second-order valence-corrected chi connectivity index (χ2v) is 7.05. The lowest BCUT2D eigenvalue weighted by molar-refractivity contribution is 1.59. The van der Waals surface area contributed by atoms with Gasteiger partial charge in [0.05, 0.1) is 0 Å². The molecule has 0 saturated heterocycles. The fourth-order valence-electron chi connectivity index (χ4n) is 3.29. The van der Waals surface area contributed by atoms with Gasteiger partial charge >= 0.3 is 0 Å². The molecule has 1 N–H and O–H groups in total. The van der Waals surface area contributed by atoms with Crippen LogP contribution in [0.4, 0.5) is 11.4 Å². The minimum absolute atomic E-state index is 1.12. The third kappa shape index (κ3) is 2.15. The number of hydrogen-bond donors (Lipinski definition) is 1. The van der Waals surface area contributed by atoms with Gasteiger partial charge in [0.1, 0.15) is 0 Å². The molecule has 0 radical (unpaired) electrons. The van der Waals surface area contributed by atoms with Gasteiger partial charge in [-0.25, -0.2) is 0 Å². The van der Waals surface area contributed by atoms with Crippen LogP contribution in [-0.2, 0) is 0 Å². The maximum absolute atomic E-state index is 3.58. The van der Waals surface area contributed by atoms with Gasteiger partial charge in [-0.15, -0.1) is 11.3 Å². The first-order valence-electron chi connectivity index (χ1n) is 8.04. The van der Waals surface area contributed by atoms with Crippen molar-refractivity contribution >= 4 is 53.7 Å². The van der Waals surface area contributed by atoms with Crippen molar-refractivity contribution in [1.82, 2.24) is 0 Å². The molecule has 1 nitrogen and oxygen atoms in total. The van der Waals surface area contributed by atoms with E-state index >= 15 is 0 Å². The smallest absolute Gasteiger partial charge is 0.0478 e. The Balaban J connectivity index is 1.79. The molecule has 114 valence electrons. The van der Waals surface area contributed by atoms with Crippen LogP contribution in [0.5, 0.6) is 0 Å². The van der Waals surface area contributed by atoms with Gasteiger partial charge in [-0.2, -0.15) is 0 Å². The van der Waals surface area contributed by atoms with E-state index in [0.29, 0.717) is 0 Å².